The zero-order valence-corrected chi connectivity index (χ0v) is 12.0. The van der Waals surface area contributed by atoms with E-state index in [4.69, 9.17) is 0 Å². The molecule has 18 heavy (non-hydrogen) atoms. The molecule has 0 saturated heterocycles. The predicted molar refractivity (Wildman–Crippen MR) is 73.5 cm³/mol. The van der Waals surface area contributed by atoms with Crippen molar-refractivity contribution < 1.29 is 4.79 Å². The van der Waals surface area contributed by atoms with E-state index in [2.05, 4.69) is 15.3 Å². The summed E-state index contributed by atoms with van der Waals surface area (Å²) in [5.74, 6) is 0.0390. The molecule has 0 aliphatic carbocycles. The lowest BCUT2D eigenvalue weighted by Gasteiger charge is -2.20. The number of nitrogens with zero attached hydrogens (tertiary/aromatic N) is 3. The number of likely N-dealkylation sites (N-methyl/N-ethyl adjacent to an activating group) is 1. The number of hydrogen-bond donors (Lipinski definition) is 1. The molecule has 0 fully saturated rings. The number of carbonyl (C=O) groups is 1. The van der Waals surface area contributed by atoms with Crippen molar-refractivity contribution in [2.45, 2.75) is 33.7 Å². The molecule has 1 heterocycles. The molecule has 1 amide bonds. The second-order valence-corrected chi connectivity index (χ2v) is 5.49. The van der Waals surface area contributed by atoms with Gasteiger partial charge in [-0.3, -0.25) is 9.48 Å². The van der Waals surface area contributed by atoms with E-state index in [9.17, 15) is 4.79 Å². The summed E-state index contributed by atoms with van der Waals surface area (Å²) in [6.07, 6.45) is 4.38. The van der Waals surface area contributed by atoms with E-state index >= 15 is 0 Å². The van der Waals surface area contributed by atoms with Crippen molar-refractivity contribution in [2.75, 3.05) is 26.0 Å². The van der Waals surface area contributed by atoms with Crippen LogP contribution in [0.5, 0.6) is 0 Å². The fraction of sp³-hybridized carbons (Fsp3) is 0.692. The van der Waals surface area contributed by atoms with Crippen LogP contribution in [-0.2, 0) is 11.3 Å². The third kappa shape index (κ3) is 4.14. The minimum atomic E-state index is -0.342. The van der Waals surface area contributed by atoms with E-state index in [1.165, 1.54) is 0 Å². The van der Waals surface area contributed by atoms with Crippen molar-refractivity contribution in [1.82, 2.24) is 14.7 Å². The molecule has 0 aromatic carbocycles. The fourth-order valence-electron chi connectivity index (χ4n) is 1.31. The number of anilines is 1. The quantitative estimate of drug-likeness (QED) is 0.840. The molecule has 5 heteroatoms. The van der Waals surface area contributed by atoms with Gasteiger partial charge in [-0.25, -0.2) is 0 Å². The molecule has 1 aromatic rings. The molecule has 1 rings (SSSR count). The molecule has 0 radical (unpaired) electrons. The van der Waals surface area contributed by atoms with Crippen LogP contribution in [0.2, 0.25) is 0 Å². The third-order valence-electron chi connectivity index (χ3n) is 3.17. The number of aromatic nitrogens is 2. The van der Waals surface area contributed by atoms with Gasteiger partial charge in [0.2, 0.25) is 5.91 Å². The summed E-state index contributed by atoms with van der Waals surface area (Å²) in [5.41, 5.74) is 0.423. The zero-order valence-electron chi connectivity index (χ0n) is 12.0. The van der Waals surface area contributed by atoms with Crippen molar-refractivity contribution in [3.8, 4) is 0 Å². The molecule has 102 valence electrons. The Labute approximate surface area is 109 Å². The molecule has 1 N–H and O–H groups in total. The van der Waals surface area contributed by atoms with Crippen LogP contribution < -0.4 is 5.32 Å². The van der Waals surface area contributed by atoms with Crippen LogP contribution in [0.25, 0.3) is 0 Å². The monoisotopic (exact) mass is 252 g/mol. The first-order chi connectivity index (χ1) is 8.35. The second-order valence-electron chi connectivity index (χ2n) is 5.49. The van der Waals surface area contributed by atoms with Crippen molar-refractivity contribution in [3.63, 3.8) is 0 Å². The molecule has 1 aromatic heterocycles. The highest BCUT2D eigenvalue weighted by molar-refractivity contribution is 5.94. The van der Waals surface area contributed by atoms with Crippen LogP contribution in [0.4, 0.5) is 5.69 Å². The summed E-state index contributed by atoms with van der Waals surface area (Å²) in [5, 5.41) is 7.13. The van der Waals surface area contributed by atoms with Gasteiger partial charge in [-0.2, -0.15) is 5.10 Å². The summed E-state index contributed by atoms with van der Waals surface area (Å²) < 4.78 is 1.84. The molecule has 0 unspecified atom stereocenters. The molecular weight excluding hydrogens is 228 g/mol. The Morgan fingerprint density at radius 1 is 1.50 bits per heavy atom. The standard InChI is InChI=1S/C13H24N4O/c1-6-13(2,3)12(18)15-11-9-14-17(10-11)8-7-16(4)5/h9-10H,6-8H2,1-5H3,(H,15,18). The van der Waals surface area contributed by atoms with Crippen LogP contribution >= 0.6 is 0 Å². The zero-order chi connectivity index (χ0) is 13.8. The number of rotatable bonds is 6. The predicted octanol–water partition coefficient (Wildman–Crippen LogP) is 1.82. The average Bonchev–Trinajstić information content (AvgIpc) is 2.74. The third-order valence-corrected chi connectivity index (χ3v) is 3.17. The van der Waals surface area contributed by atoms with Crippen LogP contribution in [0.1, 0.15) is 27.2 Å². The van der Waals surface area contributed by atoms with Crippen molar-refractivity contribution in [1.29, 1.82) is 0 Å². The first-order valence-corrected chi connectivity index (χ1v) is 6.34. The van der Waals surface area contributed by atoms with Gasteiger partial charge in [0.15, 0.2) is 0 Å². The lowest BCUT2D eigenvalue weighted by atomic mass is 9.89. The molecule has 0 bridgehead atoms. The van der Waals surface area contributed by atoms with Gasteiger partial charge in [-0.05, 0) is 20.5 Å². The SMILES string of the molecule is CCC(C)(C)C(=O)Nc1cnn(CCN(C)C)c1. The van der Waals surface area contributed by atoms with Gasteiger partial charge in [0.05, 0.1) is 18.4 Å². The maximum Gasteiger partial charge on any atom is 0.230 e. The Kier molecular flexibility index (Phi) is 4.90. The molecule has 0 saturated carbocycles. The van der Waals surface area contributed by atoms with E-state index in [1.807, 2.05) is 45.7 Å². The van der Waals surface area contributed by atoms with E-state index in [0.717, 1.165) is 25.2 Å². The average molecular weight is 252 g/mol. The molecule has 0 aliphatic heterocycles. The van der Waals surface area contributed by atoms with Gasteiger partial charge in [0.1, 0.15) is 0 Å². The highest BCUT2D eigenvalue weighted by Crippen LogP contribution is 2.21. The number of nitrogens with one attached hydrogen (secondary N) is 1. The van der Waals surface area contributed by atoms with Crippen LogP contribution in [-0.4, -0.2) is 41.2 Å². The highest BCUT2D eigenvalue weighted by atomic mass is 16.2. The minimum absolute atomic E-state index is 0.0390. The van der Waals surface area contributed by atoms with Gasteiger partial charge < -0.3 is 10.2 Å². The van der Waals surface area contributed by atoms with Crippen molar-refractivity contribution in [2.24, 2.45) is 5.41 Å². The van der Waals surface area contributed by atoms with Crippen LogP contribution in [0.3, 0.4) is 0 Å². The summed E-state index contributed by atoms with van der Waals surface area (Å²) in [4.78, 5) is 14.1. The largest absolute Gasteiger partial charge is 0.323 e. The van der Waals surface area contributed by atoms with Gasteiger partial charge >= 0.3 is 0 Å². The lowest BCUT2D eigenvalue weighted by molar-refractivity contribution is -0.124. The summed E-state index contributed by atoms with van der Waals surface area (Å²) in [6.45, 7) is 7.65. The molecule has 5 nitrogen and oxygen atoms in total. The smallest absolute Gasteiger partial charge is 0.230 e. The Morgan fingerprint density at radius 2 is 2.17 bits per heavy atom. The summed E-state index contributed by atoms with van der Waals surface area (Å²) >= 11 is 0. The van der Waals surface area contributed by atoms with Crippen molar-refractivity contribution >= 4 is 11.6 Å². The first kappa shape index (κ1) is 14.7. The van der Waals surface area contributed by atoms with Crippen molar-refractivity contribution in [3.05, 3.63) is 12.4 Å². The molecule has 0 aliphatic rings. The minimum Gasteiger partial charge on any atom is -0.323 e. The first-order valence-electron chi connectivity index (χ1n) is 6.34. The second kappa shape index (κ2) is 6.00. The lowest BCUT2D eigenvalue weighted by Crippen LogP contribution is -2.29. The van der Waals surface area contributed by atoms with Gasteiger partial charge in [0.25, 0.3) is 0 Å². The maximum absolute atomic E-state index is 12.0. The summed E-state index contributed by atoms with van der Waals surface area (Å²) in [7, 11) is 4.05. The molecular formula is C13H24N4O. The van der Waals surface area contributed by atoms with Crippen LogP contribution in [0.15, 0.2) is 12.4 Å². The molecule has 0 atom stereocenters. The van der Waals surface area contributed by atoms with Gasteiger partial charge in [-0.1, -0.05) is 20.8 Å². The fourth-order valence-corrected chi connectivity index (χ4v) is 1.31. The number of carbonyl (C=O) groups excluding carboxylic acids is 1. The number of amides is 1. The van der Waals surface area contributed by atoms with E-state index < -0.39 is 0 Å². The van der Waals surface area contributed by atoms with E-state index in [1.54, 1.807) is 6.20 Å². The van der Waals surface area contributed by atoms with Gasteiger partial charge in [-0.15, -0.1) is 0 Å². The maximum atomic E-state index is 12.0. The Balaban J connectivity index is 2.56. The van der Waals surface area contributed by atoms with E-state index in [0.29, 0.717) is 0 Å². The topological polar surface area (TPSA) is 50.2 Å². The molecule has 0 spiro atoms. The normalized spacial score (nSPS) is 11.9. The van der Waals surface area contributed by atoms with E-state index in [-0.39, 0.29) is 11.3 Å². The number of hydrogen-bond acceptors (Lipinski definition) is 3. The highest BCUT2D eigenvalue weighted by Gasteiger charge is 2.25. The van der Waals surface area contributed by atoms with Gasteiger partial charge in [0, 0.05) is 18.2 Å². The van der Waals surface area contributed by atoms with Crippen LogP contribution in [0, 0.1) is 5.41 Å². The Hall–Kier alpha value is -1.36. The summed E-state index contributed by atoms with van der Waals surface area (Å²) in [6, 6.07) is 0. The Morgan fingerprint density at radius 3 is 2.72 bits per heavy atom. The Bertz CT molecular complexity index is 395.